The van der Waals surface area contributed by atoms with E-state index in [9.17, 15) is 20.0 Å². The van der Waals surface area contributed by atoms with Crippen molar-refractivity contribution in [2.24, 2.45) is 5.10 Å². The van der Waals surface area contributed by atoms with E-state index in [0.717, 1.165) is 24.4 Å². The number of halogens is 1. The van der Waals surface area contributed by atoms with Crippen LogP contribution in [-0.2, 0) is 4.79 Å². The Hall–Kier alpha value is -3.13. The lowest BCUT2D eigenvalue weighted by Crippen LogP contribution is -2.24. The largest absolute Gasteiger partial charge is 0.872 e. The molecule has 0 aliphatic rings. The lowest BCUT2D eigenvalue weighted by atomic mass is 10.2. The minimum atomic E-state index is -0.632. The van der Waals surface area contributed by atoms with Gasteiger partial charge in [-0.25, -0.2) is 5.43 Å². The molecule has 0 radical (unpaired) electrons. The van der Waals surface area contributed by atoms with Crippen LogP contribution in [0.25, 0.3) is 0 Å². The molecule has 2 rings (SSSR count). The molecule has 1 N–H and O–H groups in total. The summed E-state index contributed by atoms with van der Waals surface area (Å²) >= 11 is 5.87. The monoisotopic (exact) mass is 348 g/mol. The lowest BCUT2D eigenvalue weighted by Gasteiger charge is -2.09. The van der Waals surface area contributed by atoms with E-state index in [0.29, 0.717) is 10.8 Å². The second kappa shape index (κ2) is 7.93. The number of hydrogen-bond acceptors (Lipinski definition) is 6. The highest BCUT2D eigenvalue weighted by atomic mass is 35.5. The van der Waals surface area contributed by atoms with Gasteiger partial charge in [0.05, 0.1) is 16.2 Å². The van der Waals surface area contributed by atoms with Crippen molar-refractivity contribution in [3.63, 3.8) is 0 Å². The number of benzene rings is 2. The molecule has 0 saturated heterocycles. The number of hydrazone groups is 1. The van der Waals surface area contributed by atoms with E-state index in [1.807, 2.05) is 0 Å². The molecular weight excluding hydrogens is 338 g/mol. The minimum absolute atomic E-state index is 0.0171. The summed E-state index contributed by atoms with van der Waals surface area (Å²) in [6.45, 7) is -0.333. The molecule has 2 aromatic carbocycles. The number of non-ortho nitro benzene ring substituents is 1. The van der Waals surface area contributed by atoms with Crippen LogP contribution in [0.4, 0.5) is 5.69 Å². The van der Waals surface area contributed by atoms with Crippen molar-refractivity contribution >= 4 is 29.4 Å². The number of nitro benzene ring substituents is 1. The van der Waals surface area contributed by atoms with Crippen molar-refractivity contribution in [2.75, 3.05) is 6.61 Å². The number of nitro groups is 1. The summed E-state index contributed by atoms with van der Waals surface area (Å²) in [5, 5.41) is 26.1. The van der Waals surface area contributed by atoms with Crippen LogP contribution in [0.5, 0.6) is 11.5 Å². The highest BCUT2D eigenvalue weighted by Gasteiger charge is 2.06. The molecule has 0 bridgehead atoms. The molecule has 0 heterocycles. The van der Waals surface area contributed by atoms with Crippen molar-refractivity contribution in [1.82, 2.24) is 5.43 Å². The van der Waals surface area contributed by atoms with Gasteiger partial charge in [0, 0.05) is 12.1 Å². The van der Waals surface area contributed by atoms with Gasteiger partial charge in [0.2, 0.25) is 0 Å². The van der Waals surface area contributed by atoms with Crippen LogP contribution < -0.4 is 15.3 Å². The molecule has 2 aromatic rings. The zero-order valence-corrected chi connectivity index (χ0v) is 12.9. The second-order valence-electron chi connectivity index (χ2n) is 4.49. The van der Waals surface area contributed by atoms with E-state index in [1.54, 1.807) is 24.3 Å². The van der Waals surface area contributed by atoms with Gasteiger partial charge in [-0.05, 0) is 17.7 Å². The van der Waals surface area contributed by atoms with Crippen molar-refractivity contribution in [3.8, 4) is 11.5 Å². The fourth-order valence-electron chi connectivity index (χ4n) is 1.66. The molecule has 0 saturated carbocycles. The molecule has 1 amide bonds. The summed E-state index contributed by atoms with van der Waals surface area (Å²) in [6.07, 6.45) is 1.03. The quantitative estimate of drug-likeness (QED) is 0.485. The first-order chi connectivity index (χ1) is 11.5. The molecule has 9 heteroatoms. The van der Waals surface area contributed by atoms with Crippen LogP contribution >= 0.6 is 11.6 Å². The molecule has 0 aliphatic carbocycles. The van der Waals surface area contributed by atoms with E-state index in [2.05, 4.69) is 10.5 Å². The van der Waals surface area contributed by atoms with E-state index in [1.165, 1.54) is 0 Å². The molecule has 0 aliphatic heterocycles. The Morgan fingerprint density at radius 3 is 2.79 bits per heavy atom. The molecule has 0 unspecified atom stereocenters. The first-order valence-corrected chi connectivity index (χ1v) is 7.00. The standard InChI is InChI=1S/C15H12ClN3O5/c16-12-3-1-2-4-14(12)24-9-15(21)18-17-8-10-7-11(19(22)23)5-6-13(10)20/h1-8,20H,9H2,(H,18,21)/p-1/b17-8-. The van der Waals surface area contributed by atoms with E-state index in [-0.39, 0.29) is 17.9 Å². The van der Waals surface area contributed by atoms with Crippen LogP contribution in [0.3, 0.4) is 0 Å². The number of rotatable bonds is 6. The van der Waals surface area contributed by atoms with Gasteiger partial charge in [0.15, 0.2) is 6.61 Å². The number of carbonyl (C=O) groups is 1. The molecule has 124 valence electrons. The molecule has 8 nitrogen and oxygen atoms in total. The van der Waals surface area contributed by atoms with Crippen molar-refractivity contribution in [3.05, 3.63) is 63.2 Å². The van der Waals surface area contributed by atoms with E-state index >= 15 is 0 Å². The first kappa shape index (κ1) is 17.2. The third-order valence-electron chi connectivity index (χ3n) is 2.79. The third kappa shape index (κ3) is 4.68. The van der Waals surface area contributed by atoms with Crippen LogP contribution in [0.2, 0.25) is 5.02 Å². The Kier molecular flexibility index (Phi) is 5.69. The average Bonchev–Trinajstić information content (AvgIpc) is 2.55. The van der Waals surface area contributed by atoms with Gasteiger partial charge in [-0.3, -0.25) is 14.9 Å². The third-order valence-corrected chi connectivity index (χ3v) is 3.10. The van der Waals surface area contributed by atoms with Crippen molar-refractivity contribution in [2.45, 2.75) is 0 Å². The Morgan fingerprint density at radius 2 is 2.08 bits per heavy atom. The Balaban J connectivity index is 1.92. The van der Waals surface area contributed by atoms with Gasteiger partial charge in [-0.15, -0.1) is 0 Å². The maximum absolute atomic E-state index is 11.6. The van der Waals surface area contributed by atoms with Gasteiger partial charge < -0.3 is 9.84 Å². The van der Waals surface area contributed by atoms with Crippen molar-refractivity contribution in [1.29, 1.82) is 0 Å². The Labute approximate surface area is 141 Å². The zero-order valence-electron chi connectivity index (χ0n) is 12.1. The van der Waals surface area contributed by atoms with Gasteiger partial charge in [0.1, 0.15) is 5.75 Å². The van der Waals surface area contributed by atoms with Gasteiger partial charge >= 0.3 is 0 Å². The number of carbonyl (C=O) groups excluding carboxylic acids is 1. The van der Waals surface area contributed by atoms with Gasteiger partial charge in [-0.1, -0.05) is 35.5 Å². The van der Waals surface area contributed by atoms with Crippen LogP contribution in [0.15, 0.2) is 47.6 Å². The van der Waals surface area contributed by atoms with Gasteiger partial charge in [-0.2, -0.15) is 5.10 Å². The number of amides is 1. The summed E-state index contributed by atoms with van der Waals surface area (Å²) in [6, 6.07) is 9.86. The summed E-state index contributed by atoms with van der Waals surface area (Å²) in [7, 11) is 0. The number of para-hydroxylation sites is 1. The summed E-state index contributed by atoms with van der Waals surface area (Å²) in [5.74, 6) is -0.686. The molecule has 0 aromatic heterocycles. The molecule has 0 fully saturated rings. The molecule has 0 atom stereocenters. The predicted molar refractivity (Wildman–Crippen MR) is 85.2 cm³/mol. The SMILES string of the molecule is O=C(COc1ccccc1Cl)N/N=C\c1cc([N+](=O)[O-])ccc1[O-]. The summed E-state index contributed by atoms with van der Waals surface area (Å²) in [4.78, 5) is 21.6. The average molecular weight is 349 g/mol. The van der Waals surface area contributed by atoms with E-state index in [4.69, 9.17) is 16.3 Å². The highest BCUT2D eigenvalue weighted by Crippen LogP contribution is 2.22. The lowest BCUT2D eigenvalue weighted by molar-refractivity contribution is -0.385. The fraction of sp³-hybridized carbons (Fsp3) is 0.0667. The first-order valence-electron chi connectivity index (χ1n) is 6.62. The maximum atomic E-state index is 11.6. The second-order valence-corrected chi connectivity index (χ2v) is 4.90. The van der Waals surface area contributed by atoms with Crippen molar-refractivity contribution < 1.29 is 19.6 Å². The topological polar surface area (TPSA) is 117 Å². The van der Waals surface area contributed by atoms with Crippen LogP contribution in [-0.4, -0.2) is 23.7 Å². The van der Waals surface area contributed by atoms with Gasteiger partial charge in [0.25, 0.3) is 11.6 Å². The number of nitrogens with zero attached hydrogens (tertiary/aromatic N) is 2. The Bertz CT molecular complexity index is 794. The number of hydrogen-bond donors (Lipinski definition) is 1. The fourth-order valence-corrected chi connectivity index (χ4v) is 1.85. The number of nitrogens with one attached hydrogen (secondary N) is 1. The number of ether oxygens (including phenoxy) is 1. The van der Waals surface area contributed by atoms with E-state index < -0.39 is 16.6 Å². The summed E-state index contributed by atoms with van der Waals surface area (Å²) in [5.41, 5.74) is 1.89. The zero-order chi connectivity index (χ0) is 17.5. The molecule has 24 heavy (non-hydrogen) atoms. The summed E-state index contributed by atoms with van der Waals surface area (Å²) < 4.78 is 5.21. The minimum Gasteiger partial charge on any atom is -0.872 e. The Morgan fingerprint density at radius 1 is 1.33 bits per heavy atom. The predicted octanol–water partition coefficient (Wildman–Crippen LogP) is 1.85. The molecule has 0 spiro atoms. The van der Waals surface area contributed by atoms with Crippen LogP contribution in [0, 0.1) is 10.1 Å². The normalized spacial score (nSPS) is 10.5. The maximum Gasteiger partial charge on any atom is 0.277 e. The smallest absolute Gasteiger partial charge is 0.277 e. The molecular formula is C15H11ClN3O5-. The van der Waals surface area contributed by atoms with Crippen LogP contribution in [0.1, 0.15) is 5.56 Å². The highest BCUT2D eigenvalue weighted by molar-refractivity contribution is 6.32.